The van der Waals surface area contributed by atoms with E-state index in [-0.39, 0.29) is 5.91 Å². The highest BCUT2D eigenvalue weighted by Gasteiger charge is 2.11. The molecule has 0 radical (unpaired) electrons. The molecule has 5 heteroatoms. The van der Waals surface area contributed by atoms with Gasteiger partial charge in [0.1, 0.15) is 5.69 Å². The molecule has 0 spiro atoms. The summed E-state index contributed by atoms with van der Waals surface area (Å²) in [6.07, 6.45) is 0. The number of anilines is 1. The summed E-state index contributed by atoms with van der Waals surface area (Å²) < 4.78 is 4.97. The molecule has 0 saturated carbocycles. The number of nitrogens with one attached hydrogen (secondary N) is 2. The maximum Gasteiger partial charge on any atom is 0.354 e. The second kappa shape index (κ2) is 6.36. The highest BCUT2D eigenvalue weighted by atomic mass is 16.5. The van der Waals surface area contributed by atoms with Gasteiger partial charge in [0.25, 0.3) is 5.91 Å². The van der Waals surface area contributed by atoms with Crippen LogP contribution in [0.25, 0.3) is 10.9 Å². The van der Waals surface area contributed by atoms with Crippen molar-refractivity contribution < 1.29 is 14.3 Å². The molecule has 1 aromatic heterocycles. The van der Waals surface area contributed by atoms with Gasteiger partial charge in [-0.1, -0.05) is 18.2 Å². The van der Waals surface area contributed by atoms with Gasteiger partial charge in [-0.25, -0.2) is 4.79 Å². The summed E-state index contributed by atoms with van der Waals surface area (Å²) in [5, 5.41) is 3.68. The van der Waals surface area contributed by atoms with Crippen LogP contribution in [0.4, 0.5) is 5.69 Å². The summed E-state index contributed by atoms with van der Waals surface area (Å²) in [5.74, 6) is -0.565. The Hall–Kier alpha value is -3.08. The van der Waals surface area contributed by atoms with Crippen LogP contribution in [0.1, 0.15) is 27.8 Å². The lowest BCUT2D eigenvalue weighted by atomic mass is 10.2. The smallest absolute Gasteiger partial charge is 0.354 e. The molecule has 0 aliphatic carbocycles. The van der Waals surface area contributed by atoms with Crippen molar-refractivity contribution in [2.45, 2.75) is 6.92 Å². The molecule has 3 aromatic rings. The van der Waals surface area contributed by atoms with Gasteiger partial charge in [0.2, 0.25) is 0 Å². The van der Waals surface area contributed by atoms with Crippen molar-refractivity contribution in [3.05, 3.63) is 65.9 Å². The number of esters is 1. The average Bonchev–Trinajstić information content (AvgIpc) is 2.99. The Bertz CT molecular complexity index is 853. The van der Waals surface area contributed by atoms with Gasteiger partial charge in [-0.3, -0.25) is 4.79 Å². The topological polar surface area (TPSA) is 71.2 Å². The van der Waals surface area contributed by atoms with Crippen LogP contribution in [0.15, 0.2) is 54.6 Å². The van der Waals surface area contributed by atoms with Gasteiger partial charge in [-0.05, 0) is 43.3 Å². The Morgan fingerprint density at radius 2 is 1.87 bits per heavy atom. The molecule has 0 bridgehead atoms. The average molecular weight is 308 g/mol. The Labute approximate surface area is 133 Å². The minimum atomic E-state index is -0.390. The van der Waals surface area contributed by atoms with Crippen LogP contribution in [0, 0.1) is 0 Å². The fourth-order valence-corrected chi connectivity index (χ4v) is 2.32. The van der Waals surface area contributed by atoms with E-state index >= 15 is 0 Å². The maximum atomic E-state index is 12.2. The van der Waals surface area contributed by atoms with Crippen LogP contribution in [0.3, 0.4) is 0 Å². The number of carbonyl (C=O) groups is 2. The number of amides is 1. The summed E-state index contributed by atoms with van der Waals surface area (Å²) in [6.45, 7) is 2.09. The molecule has 3 rings (SSSR count). The number of aromatic nitrogens is 1. The first-order valence-corrected chi connectivity index (χ1v) is 7.33. The fraction of sp³-hybridized carbons (Fsp3) is 0.111. The molecule has 0 aliphatic rings. The number of carbonyl (C=O) groups excluding carboxylic acids is 2. The summed E-state index contributed by atoms with van der Waals surface area (Å²) in [7, 11) is 0. The number of H-pyrrole nitrogens is 1. The molecule has 0 saturated heterocycles. The van der Waals surface area contributed by atoms with Crippen molar-refractivity contribution in [2.24, 2.45) is 0 Å². The molecular weight excluding hydrogens is 292 g/mol. The predicted molar refractivity (Wildman–Crippen MR) is 88.7 cm³/mol. The van der Waals surface area contributed by atoms with E-state index in [1.165, 1.54) is 0 Å². The number of hydrogen-bond donors (Lipinski definition) is 2. The third-order valence-electron chi connectivity index (χ3n) is 3.41. The first-order valence-electron chi connectivity index (χ1n) is 7.33. The molecule has 0 atom stereocenters. The van der Waals surface area contributed by atoms with E-state index in [1.807, 2.05) is 30.3 Å². The molecule has 23 heavy (non-hydrogen) atoms. The first-order chi connectivity index (χ1) is 11.2. The molecule has 0 unspecified atom stereocenters. The van der Waals surface area contributed by atoms with E-state index in [4.69, 9.17) is 4.74 Å². The summed E-state index contributed by atoms with van der Waals surface area (Å²) in [6, 6.07) is 16.1. The van der Waals surface area contributed by atoms with Gasteiger partial charge in [0, 0.05) is 22.2 Å². The number of rotatable bonds is 4. The molecule has 1 heterocycles. The zero-order valence-electron chi connectivity index (χ0n) is 12.6. The fourth-order valence-electron chi connectivity index (χ4n) is 2.32. The molecule has 2 N–H and O–H groups in total. The van der Waals surface area contributed by atoms with Crippen molar-refractivity contribution in [1.29, 1.82) is 0 Å². The maximum absolute atomic E-state index is 12.2. The molecular formula is C18H16N2O3. The quantitative estimate of drug-likeness (QED) is 0.723. The largest absolute Gasteiger partial charge is 0.461 e. The van der Waals surface area contributed by atoms with Gasteiger partial charge < -0.3 is 15.0 Å². The zero-order valence-corrected chi connectivity index (χ0v) is 12.6. The monoisotopic (exact) mass is 308 g/mol. The number of benzene rings is 2. The van der Waals surface area contributed by atoms with Gasteiger partial charge in [-0.2, -0.15) is 0 Å². The van der Waals surface area contributed by atoms with E-state index in [0.717, 1.165) is 10.9 Å². The standard InChI is InChI=1S/C18H16N2O3/c1-2-23-18(22)16-11-13-10-14(8-9-15(13)20-16)19-17(21)12-6-4-3-5-7-12/h3-11,20H,2H2,1H3,(H,19,21). The normalized spacial score (nSPS) is 10.5. The lowest BCUT2D eigenvalue weighted by Crippen LogP contribution is -2.11. The minimum Gasteiger partial charge on any atom is -0.461 e. The number of aromatic amines is 1. The molecule has 116 valence electrons. The number of hydrogen-bond acceptors (Lipinski definition) is 3. The van der Waals surface area contributed by atoms with Crippen LogP contribution in [-0.2, 0) is 4.74 Å². The number of fused-ring (bicyclic) bond motifs is 1. The Morgan fingerprint density at radius 1 is 1.09 bits per heavy atom. The Kier molecular flexibility index (Phi) is 4.10. The summed E-state index contributed by atoms with van der Waals surface area (Å²) in [4.78, 5) is 26.9. The highest BCUT2D eigenvalue weighted by Crippen LogP contribution is 2.21. The highest BCUT2D eigenvalue weighted by molar-refractivity contribution is 6.05. The summed E-state index contributed by atoms with van der Waals surface area (Å²) in [5.41, 5.74) is 2.47. The predicted octanol–water partition coefficient (Wildman–Crippen LogP) is 3.60. The van der Waals surface area contributed by atoms with Crippen molar-refractivity contribution in [3.8, 4) is 0 Å². The molecule has 5 nitrogen and oxygen atoms in total. The zero-order chi connectivity index (χ0) is 16.2. The first kappa shape index (κ1) is 14.8. The second-order valence-electron chi connectivity index (χ2n) is 5.03. The summed E-state index contributed by atoms with van der Waals surface area (Å²) >= 11 is 0. The van der Waals surface area contributed by atoms with E-state index in [9.17, 15) is 9.59 Å². The Morgan fingerprint density at radius 3 is 2.61 bits per heavy atom. The van der Waals surface area contributed by atoms with E-state index in [0.29, 0.717) is 23.6 Å². The van der Waals surface area contributed by atoms with Crippen LogP contribution in [-0.4, -0.2) is 23.5 Å². The van der Waals surface area contributed by atoms with Crippen molar-refractivity contribution in [3.63, 3.8) is 0 Å². The minimum absolute atomic E-state index is 0.175. The Balaban J connectivity index is 1.83. The third kappa shape index (κ3) is 3.23. The molecule has 2 aromatic carbocycles. The van der Waals surface area contributed by atoms with Crippen molar-refractivity contribution in [2.75, 3.05) is 11.9 Å². The SMILES string of the molecule is CCOC(=O)c1cc2cc(NC(=O)c3ccccc3)ccc2[nH]1. The molecule has 1 amide bonds. The molecule has 0 aliphatic heterocycles. The van der Waals surface area contributed by atoms with Crippen LogP contribution in [0.5, 0.6) is 0 Å². The van der Waals surface area contributed by atoms with Gasteiger partial charge >= 0.3 is 5.97 Å². The van der Waals surface area contributed by atoms with Crippen LogP contribution in [0.2, 0.25) is 0 Å². The lowest BCUT2D eigenvalue weighted by Gasteiger charge is -2.05. The van der Waals surface area contributed by atoms with Crippen LogP contribution >= 0.6 is 0 Å². The van der Waals surface area contributed by atoms with Crippen molar-refractivity contribution in [1.82, 2.24) is 4.98 Å². The van der Waals surface area contributed by atoms with Crippen LogP contribution < -0.4 is 5.32 Å². The van der Waals surface area contributed by atoms with E-state index in [1.54, 1.807) is 31.2 Å². The molecule has 0 fully saturated rings. The van der Waals surface area contributed by atoms with Crippen molar-refractivity contribution >= 4 is 28.5 Å². The van der Waals surface area contributed by atoms with E-state index < -0.39 is 5.97 Å². The second-order valence-corrected chi connectivity index (χ2v) is 5.03. The van der Waals surface area contributed by atoms with Gasteiger partial charge in [-0.15, -0.1) is 0 Å². The lowest BCUT2D eigenvalue weighted by molar-refractivity contribution is 0.0520. The van der Waals surface area contributed by atoms with E-state index in [2.05, 4.69) is 10.3 Å². The third-order valence-corrected chi connectivity index (χ3v) is 3.41. The van der Waals surface area contributed by atoms with Gasteiger partial charge in [0.05, 0.1) is 6.61 Å². The van der Waals surface area contributed by atoms with Gasteiger partial charge in [0.15, 0.2) is 0 Å². The number of ether oxygens (including phenoxy) is 1.